The molecule has 0 radical (unpaired) electrons. The van der Waals surface area contributed by atoms with E-state index in [9.17, 15) is 14.9 Å². The molecular weight excluding hydrogens is 328 g/mol. The summed E-state index contributed by atoms with van der Waals surface area (Å²) in [6, 6.07) is 4.65. The van der Waals surface area contributed by atoms with E-state index in [-0.39, 0.29) is 22.7 Å². The van der Waals surface area contributed by atoms with Gasteiger partial charge in [0.05, 0.1) is 4.92 Å². The van der Waals surface area contributed by atoms with E-state index in [0.29, 0.717) is 11.5 Å². The van der Waals surface area contributed by atoms with E-state index in [1.165, 1.54) is 43.9 Å². The summed E-state index contributed by atoms with van der Waals surface area (Å²) in [5, 5.41) is 14.0. The molecule has 0 aromatic heterocycles. The van der Waals surface area contributed by atoms with Crippen molar-refractivity contribution in [3.05, 3.63) is 45.0 Å². The zero-order chi connectivity index (χ0) is 17.3. The molecule has 1 aromatic rings. The zero-order valence-corrected chi connectivity index (χ0v) is 14.3. The van der Waals surface area contributed by atoms with Gasteiger partial charge in [-0.1, -0.05) is 24.1 Å². The second kappa shape index (κ2) is 6.93. The number of nitrogens with one attached hydrogen (secondary N) is 1. The third-order valence-electron chi connectivity index (χ3n) is 5.40. The number of nitro benzene ring substituents is 1. The molecule has 0 aliphatic heterocycles. The third kappa shape index (κ3) is 3.61. The van der Waals surface area contributed by atoms with Gasteiger partial charge in [0.2, 0.25) is 5.91 Å². The van der Waals surface area contributed by atoms with Crippen LogP contribution in [0.1, 0.15) is 38.2 Å². The number of amides is 1. The minimum absolute atomic E-state index is 0.0894. The lowest BCUT2D eigenvalue weighted by atomic mass is 9.84. The summed E-state index contributed by atoms with van der Waals surface area (Å²) in [6.07, 6.45) is 8.17. The Balaban J connectivity index is 1.59. The Hall–Kier alpha value is -1.88. The average Bonchev–Trinajstić information content (AvgIpc) is 3.16. The molecule has 0 heterocycles. The van der Waals surface area contributed by atoms with E-state index >= 15 is 0 Å². The van der Waals surface area contributed by atoms with Crippen molar-refractivity contribution in [1.82, 2.24) is 5.32 Å². The van der Waals surface area contributed by atoms with Gasteiger partial charge in [0.25, 0.3) is 5.69 Å². The van der Waals surface area contributed by atoms with Crippen LogP contribution in [0.25, 0.3) is 6.08 Å². The maximum absolute atomic E-state index is 12.1. The number of halogens is 1. The van der Waals surface area contributed by atoms with Gasteiger partial charge in [-0.25, -0.2) is 0 Å². The molecule has 1 amide bonds. The first-order valence-corrected chi connectivity index (χ1v) is 8.74. The van der Waals surface area contributed by atoms with Crippen molar-refractivity contribution in [3.8, 4) is 0 Å². The van der Waals surface area contributed by atoms with Crippen molar-refractivity contribution in [1.29, 1.82) is 0 Å². The van der Waals surface area contributed by atoms with Crippen LogP contribution in [0.3, 0.4) is 0 Å². The Labute approximate surface area is 146 Å². The first-order chi connectivity index (χ1) is 11.4. The molecule has 0 spiro atoms. The molecule has 4 unspecified atom stereocenters. The molecule has 2 saturated carbocycles. The molecule has 1 aromatic carbocycles. The molecule has 128 valence electrons. The van der Waals surface area contributed by atoms with Crippen molar-refractivity contribution >= 4 is 29.3 Å². The topological polar surface area (TPSA) is 72.2 Å². The Kier molecular flexibility index (Phi) is 4.90. The van der Waals surface area contributed by atoms with E-state index in [4.69, 9.17) is 11.6 Å². The van der Waals surface area contributed by atoms with Crippen LogP contribution in [0.5, 0.6) is 0 Å². The number of nitro groups is 1. The SMILES string of the molecule is CC(NC(=O)/C=C/c1ccc(Cl)c([N+](=O)[O-])c1)C1CC2CCC1C2. The van der Waals surface area contributed by atoms with Gasteiger partial charge in [-0.05, 0) is 61.6 Å². The maximum Gasteiger partial charge on any atom is 0.288 e. The van der Waals surface area contributed by atoms with Gasteiger partial charge >= 0.3 is 0 Å². The Morgan fingerprint density at radius 1 is 1.42 bits per heavy atom. The fourth-order valence-corrected chi connectivity index (χ4v) is 4.42. The highest BCUT2D eigenvalue weighted by atomic mass is 35.5. The van der Waals surface area contributed by atoms with Crippen molar-refractivity contribution in [2.45, 2.75) is 38.6 Å². The van der Waals surface area contributed by atoms with Crippen LogP contribution in [0.15, 0.2) is 24.3 Å². The summed E-state index contributed by atoms with van der Waals surface area (Å²) >= 11 is 5.78. The monoisotopic (exact) mass is 348 g/mol. The lowest BCUT2D eigenvalue weighted by molar-refractivity contribution is -0.384. The molecule has 2 aliphatic rings. The number of hydrogen-bond donors (Lipinski definition) is 1. The second-order valence-corrected chi connectivity index (χ2v) is 7.34. The van der Waals surface area contributed by atoms with E-state index in [1.54, 1.807) is 12.1 Å². The first-order valence-electron chi connectivity index (χ1n) is 8.36. The number of benzene rings is 1. The van der Waals surface area contributed by atoms with Gasteiger partial charge in [-0.3, -0.25) is 14.9 Å². The van der Waals surface area contributed by atoms with Gasteiger partial charge in [-0.2, -0.15) is 0 Å². The minimum atomic E-state index is -0.531. The largest absolute Gasteiger partial charge is 0.350 e. The molecule has 4 atom stereocenters. The molecule has 3 rings (SSSR count). The van der Waals surface area contributed by atoms with Crippen LogP contribution in [-0.2, 0) is 4.79 Å². The second-order valence-electron chi connectivity index (χ2n) is 6.94. The molecule has 0 saturated heterocycles. The Bertz CT molecular complexity index is 689. The Morgan fingerprint density at radius 2 is 2.21 bits per heavy atom. The molecule has 2 aliphatic carbocycles. The number of carbonyl (C=O) groups is 1. The lowest BCUT2D eigenvalue weighted by Crippen LogP contribution is -2.39. The van der Waals surface area contributed by atoms with E-state index in [2.05, 4.69) is 12.2 Å². The van der Waals surface area contributed by atoms with Gasteiger partial charge < -0.3 is 5.32 Å². The van der Waals surface area contributed by atoms with Gasteiger partial charge in [0, 0.05) is 18.2 Å². The van der Waals surface area contributed by atoms with Crippen LogP contribution in [0.2, 0.25) is 5.02 Å². The quantitative estimate of drug-likeness (QED) is 0.492. The fraction of sp³-hybridized carbons (Fsp3) is 0.500. The summed E-state index contributed by atoms with van der Waals surface area (Å²) in [4.78, 5) is 22.5. The molecule has 2 bridgehead atoms. The highest BCUT2D eigenvalue weighted by Gasteiger charge is 2.41. The van der Waals surface area contributed by atoms with Crippen LogP contribution in [0.4, 0.5) is 5.69 Å². The van der Waals surface area contributed by atoms with Crippen LogP contribution < -0.4 is 5.32 Å². The zero-order valence-electron chi connectivity index (χ0n) is 13.6. The van der Waals surface area contributed by atoms with Gasteiger partial charge in [0.1, 0.15) is 5.02 Å². The minimum Gasteiger partial charge on any atom is -0.350 e. The standard InChI is InChI=1S/C18H21ClN2O3/c1-11(15-9-13-2-5-14(15)8-13)20-18(22)7-4-12-3-6-16(19)17(10-12)21(23)24/h3-4,6-7,10-11,13-15H,2,5,8-9H2,1H3,(H,20,22)/b7-4+. The normalized spacial score (nSPS) is 26.7. The van der Waals surface area contributed by atoms with E-state index in [1.807, 2.05) is 0 Å². The van der Waals surface area contributed by atoms with Crippen molar-refractivity contribution in [3.63, 3.8) is 0 Å². The van der Waals surface area contributed by atoms with Crippen LogP contribution >= 0.6 is 11.6 Å². The predicted molar refractivity (Wildman–Crippen MR) is 93.7 cm³/mol. The maximum atomic E-state index is 12.1. The van der Waals surface area contributed by atoms with Gasteiger partial charge in [-0.15, -0.1) is 0 Å². The molecule has 5 nitrogen and oxygen atoms in total. The summed E-state index contributed by atoms with van der Waals surface area (Å²) in [5.74, 6) is 2.03. The van der Waals surface area contributed by atoms with Crippen LogP contribution in [0, 0.1) is 27.9 Å². The van der Waals surface area contributed by atoms with E-state index in [0.717, 1.165) is 11.8 Å². The molecule has 2 fully saturated rings. The molecule has 6 heteroatoms. The predicted octanol–water partition coefficient (Wildman–Crippen LogP) is 4.20. The van der Waals surface area contributed by atoms with Crippen molar-refractivity contribution in [2.75, 3.05) is 0 Å². The fourth-order valence-electron chi connectivity index (χ4n) is 4.23. The number of nitrogens with zero attached hydrogens (tertiary/aromatic N) is 1. The summed E-state index contributed by atoms with van der Waals surface area (Å²) in [6.45, 7) is 2.07. The number of carbonyl (C=O) groups excluding carboxylic acids is 1. The first kappa shape index (κ1) is 17.0. The average molecular weight is 349 g/mol. The third-order valence-corrected chi connectivity index (χ3v) is 5.72. The summed E-state index contributed by atoms with van der Waals surface area (Å²) in [7, 11) is 0. The van der Waals surface area contributed by atoms with E-state index < -0.39 is 4.92 Å². The lowest BCUT2D eigenvalue weighted by Gasteiger charge is -2.28. The van der Waals surface area contributed by atoms with Gasteiger partial charge in [0.15, 0.2) is 0 Å². The Morgan fingerprint density at radius 3 is 2.83 bits per heavy atom. The molecular formula is C18H21ClN2O3. The van der Waals surface area contributed by atoms with Crippen molar-refractivity contribution < 1.29 is 9.72 Å². The summed E-state index contributed by atoms with van der Waals surface area (Å²) in [5.41, 5.74) is 0.420. The molecule has 24 heavy (non-hydrogen) atoms. The van der Waals surface area contributed by atoms with Crippen LogP contribution in [-0.4, -0.2) is 16.9 Å². The highest BCUT2D eigenvalue weighted by molar-refractivity contribution is 6.32. The smallest absolute Gasteiger partial charge is 0.288 e. The number of fused-ring (bicyclic) bond motifs is 2. The number of hydrogen-bond acceptors (Lipinski definition) is 3. The number of rotatable bonds is 5. The highest BCUT2D eigenvalue weighted by Crippen LogP contribution is 2.49. The van der Waals surface area contributed by atoms with Crippen molar-refractivity contribution in [2.24, 2.45) is 17.8 Å². The molecule has 1 N–H and O–H groups in total. The summed E-state index contributed by atoms with van der Waals surface area (Å²) < 4.78 is 0.